The van der Waals surface area contributed by atoms with E-state index in [0.717, 1.165) is 5.56 Å². The van der Waals surface area contributed by atoms with Gasteiger partial charge in [-0.2, -0.15) is 0 Å². The van der Waals surface area contributed by atoms with Crippen molar-refractivity contribution < 1.29 is 14.2 Å². The highest BCUT2D eigenvalue weighted by molar-refractivity contribution is 5.37. The number of benzene rings is 1. The summed E-state index contributed by atoms with van der Waals surface area (Å²) in [5.74, 6) is -0.314. The molecule has 15 heavy (non-hydrogen) atoms. The maximum atomic E-state index is 13.4. The van der Waals surface area contributed by atoms with Gasteiger partial charge >= 0.3 is 0 Å². The summed E-state index contributed by atoms with van der Waals surface area (Å²) in [5.41, 5.74) is 6.82. The highest BCUT2D eigenvalue weighted by Gasteiger charge is 2.17. The predicted octanol–water partition coefficient (Wildman–Crippen LogP) is 1.52. The third-order valence-corrected chi connectivity index (χ3v) is 2.36. The summed E-state index contributed by atoms with van der Waals surface area (Å²) >= 11 is 0. The largest absolute Gasteiger partial charge is 0.494 e. The zero-order valence-corrected chi connectivity index (χ0v) is 9.12. The Balaban J connectivity index is 3.15. The zero-order valence-electron chi connectivity index (χ0n) is 9.12. The van der Waals surface area contributed by atoms with E-state index >= 15 is 0 Å². The Morgan fingerprint density at radius 3 is 2.53 bits per heavy atom. The van der Waals surface area contributed by atoms with Crippen molar-refractivity contribution in [3.8, 4) is 5.75 Å². The molecule has 0 radical (unpaired) electrons. The van der Waals surface area contributed by atoms with Gasteiger partial charge in [0.15, 0.2) is 11.6 Å². The van der Waals surface area contributed by atoms with Crippen molar-refractivity contribution >= 4 is 0 Å². The highest BCUT2D eigenvalue weighted by atomic mass is 19.1. The van der Waals surface area contributed by atoms with Gasteiger partial charge in [-0.1, -0.05) is 0 Å². The topological polar surface area (TPSA) is 55.5 Å². The third-order valence-electron chi connectivity index (χ3n) is 2.36. The van der Waals surface area contributed by atoms with E-state index in [2.05, 4.69) is 0 Å². The van der Waals surface area contributed by atoms with E-state index in [4.69, 9.17) is 10.5 Å². The van der Waals surface area contributed by atoms with Crippen LogP contribution in [0.1, 0.15) is 24.2 Å². The Morgan fingerprint density at radius 2 is 2.07 bits per heavy atom. The van der Waals surface area contributed by atoms with Crippen LogP contribution in [0, 0.1) is 12.7 Å². The van der Waals surface area contributed by atoms with Gasteiger partial charge in [-0.3, -0.25) is 0 Å². The molecule has 0 bridgehead atoms. The van der Waals surface area contributed by atoms with Gasteiger partial charge in [0.1, 0.15) is 0 Å². The first-order valence-electron chi connectivity index (χ1n) is 4.75. The van der Waals surface area contributed by atoms with Gasteiger partial charge in [-0.25, -0.2) is 4.39 Å². The summed E-state index contributed by atoms with van der Waals surface area (Å²) < 4.78 is 18.2. The second-order valence-corrected chi connectivity index (χ2v) is 3.65. The Kier molecular flexibility index (Phi) is 3.66. The summed E-state index contributed by atoms with van der Waals surface area (Å²) in [4.78, 5) is 0. The number of hydrogen-bond acceptors (Lipinski definition) is 3. The van der Waals surface area contributed by atoms with Crippen LogP contribution in [0.25, 0.3) is 0 Å². The van der Waals surface area contributed by atoms with Gasteiger partial charge in [-0.05, 0) is 37.1 Å². The van der Waals surface area contributed by atoms with Crippen LogP contribution in [0.4, 0.5) is 4.39 Å². The Morgan fingerprint density at radius 1 is 1.47 bits per heavy atom. The summed E-state index contributed by atoms with van der Waals surface area (Å²) in [7, 11) is 1.40. The maximum absolute atomic E-state index is 13.4. The molecule has 3 nitrogen and oxygen atoms in total. The number of aryl methyl sites for hydroxylation is 1. The number of aliphatic hydroxyl groups is 1. The molecule has 3 N–H and O–H groups in total. The lowest BCUT2D eigenvalue weighted by Crippen LogP contribution is -2.25. The van der Waals surface area contributed by atoms with Crippen LogP contribution in [0.2, 0.25) is 0 Å². The fourth-order valence-electron chi connectivity index (χ4n) is 1.43. The van der Waals surface area contributed by atoms with Gasteiger partial charge in [0.05, 0.1) is 13.2 Å². The van der Waals surface area contributed by atoms with Crippen molar-refractivity contribution in [1.29, 1.82) is 0 Å². The first-order chi connectivity index (χ1) is 6.97. The number of aliphatic hydroxyl groups excluding tert-OH is 1. The smallest absolute Gasteiger partial charge is 0.165 e. The second-order valence-electron chi connectivity index (χ2n) is 3.65. The van der Waals surface area contributed by atoms with Crippen LogP contribution in [0.15, 0.2) is 12.1 Å². The maximum Gasteiger partial charge on any atom is 0.165 e. The normalized spacial score (nSPS) is 14.8. The molecule has 2 unspecified atom stereocenters. The number of hydrogen-bond donors (Lipinski definition) is 2. The van der Waals surface area contributed by atoms with E-state index in [1.54, 1.807) is 19.9 Å². The molecular weight excluding hydrogens is 197 g/mol. The standard InChI is InChI=1S/C11H16FNO2/c1-6-4-10(15-3)9(12)5-8(6)11(14)7(2)13/h4-5,7,11,14H,13H2,1-3H3. The molecule has 0 amide bonds. The minimum Gasteiger partial charge on any atom is -0.494 e. The molecule has 4 heteroatoms. The molecule has 0 saturated carbocycles. The Bertz CT molecular complexity index is 353. The van der Waals surface area contributed by atoms with Crippen LogP contribution in [-0.2, 0) is 0 Å². The van der Waals surface area contributed by atoms with E-state index in [1.807, 2.05) is 0 Å². The minimum absolute atomic E-state index is 0.174. The van der Waals surface area contributed by atoms with Crippen LogP contribution in [0.3, 0.4) is 0 Å². The Hall–Kier alpha value is -1.13. The number of rotatable bonds is 3. The molecule has 0 fully saturated rings. The third kappa shape index (κ3) is 2.46. The van der Waals surface area contributed by atoms with E-state index in [1.165, 1.54) is 13.2 Å². The molecule has 84 valence electrons. The number of halogens is 1. The van der Waals surface area contributed by atoms with Gasteiger partial charge in [0, 0.05) is 6.04 Å². The molecule has 0 spiro atoms. The Labute approximate surface area is 88.7 Å². The van der Waals surface area contributed by atoms with Crippen LogP contribution < -0.4 is 10.5 Å². The van der Waals surface area contributed by atoms with E-state index in [9.17, 15) is 9.50 Å². The molecular formula is C11H16FNO2. The molecule has 0 aromatic heterocycles. The lowest BCUT2D eigenvalue weighted by atomic mass is 9.99. The average Bonchev–Trinajstić information content (AvgIpc) is 2.19. The van der Waals surface area contributed by atoms with Crippen molar-refractivity contribution in [3.63, 3.8) is 0 Å². The summed E-state index contributed by atoms with van der Waals surface area (Å²) in [6.07, 6.45) is -0.856. The molecule has 0 aliphatic rings. The summed E-state index contributed by atoms with van der Waals surface area (Å²) in [6.45, 7) is 3.45. The molecule has 0 aliphatic heterocycles. The quantitative estimate of drug-likeness (QED) is 0.800. The molecule has 0 heterocycles. The van der Waals surface area contributed by atoms with Crippen LogP contribution in [-0.4, -0.2) is 18.3 Å². The fourth-order valence-corrected chi connectivity index (χ4v) is 1.43. The van der Waals surface area contributed by atoms with E-state index < -0.39 is 18.0 Å². The average molecular weight is 213 g/mol. The first kappa shape index (κ1) is 11.9. The number of ether oxygens (including phenoxy) is 1. The van der Waals surface area contributed by atoms with Crippen LogP contribution in [0.5, 0.6) is 5.75 Å². The molecule has 2 atom stereocenters. The van der Waals surface area contributed by atoms with Gasteiger partial charge < -0.3 is 15.6 Å². The SMILES string of the molecule is COc1cc(C)c(C(O)C(C)N)cc1F. The fraction of sp³-hybridized carbons (Fsp3) is 0.455. The van der Waals surface area contributed by atoms with Crippen molar-refractivity contribution in [2.24, 2.45) is 5.73 Å². The lowest BCUT2D eigenvalue weighted by Gasteiger charge is -2.18. The monoisotopic (exact) mass is 213 g/mol. The molecule has 1 aromatic rings. The van der Waals surface area contributed by atoms with E-state index in [-0.39, 0.29) is 5.75 Å². The molecule has 0 saturated heterocycles. The van der Waals surface area contributed by atoms with Crippen molar-refractivity contribution in [2.45, 2.75) is 26.0 Å². The van der Waals surface area contributed by atoms with E-state index in [0.29, 0.717) is 5.56 Å². The van der Waals surface area contributed by atoms with Crippen LogP contribution >= 0.6 is 0 Å². The van der Waals surface area contributed by atoms with Crippen molar-refractivity contribution in [1.82, 2.24) is 0 Å². The van der Waals surface area contributed by atoms with Crippen molar-refractivity contribution in [3.05, 3.63) is 29.1 Å². The lowest BCUT2D eigenvalue weighted by molar-refractivity contribution is 0.152. The number of nitrogens with two attached hydrogens (primary N) is 1. The van der Waals surface area contributed by atoms with Gasteiger partial charge in [0.2, 0.25) is 0 Å². The highest BCUT2D eigenvalue weighted by Crippen LogP contribution is 2.26. The molecule has 1 rings (SSSR count). The van der Waals surface area contributed by atoms with Gasteiger partial charge in [-0.15, -0.1) is 0 Å². The number of methoxy groups -OCH3 is 1. The molecule has 0 aliphatic carbocycles. The first-order valence-corrected chi connectivity index (χ1v) is 4.75. The van der Waals surface area contributed by atoms with Gasteiger partial charge in [0.25, 0.3) is 0 Å². The minimum atomic E-state index is -0.856. The molecule has 1 aromatic carbocycles. The predicted molar refractivity (Wildman–Crippen MR) is 56.3 cm³/mol. The zero-order chi connectivity index (χ0) is 11.6. The van der Waals surface area contributed by atoms with Crippen molar-refractivity contribution in [2.75, 3.05) is 7.11 Å². The second kappa shape index (κ2) is 4.59. The summed E-state index contributed by atoms with van der Waals surface area (Å²) in [6, 6.07) is 2.38. The summed E-state index contributed by atoms with van der Waals surface area (Å²) in [5, 5.41) is 9.73.